The molecule has 0 unspecified atom stereocenters. The third-order valence-electron chi connectivity index (χ3n) is 4.13. The van der Waals surface area contributed by atoms with Gasteiger partial charge >= 0.3 is 0 Å². The Balaban J connectivity index is 1.78. The van der Waals surface area contributed by atoms with Crippen LogP contribution in [0.15, 0.2) is 30.5 Å². The van der Waals surface area contributed by atoms with Crippen LogP contribution in [-0.4, -0.2) is 43.7 Å². The number of carbonyl (C=O) groups excluding carboxylic acids is 1. The summed E-state index contributed by atoms with van der Waals surface area (Å²) in [6.07, 6.45) is 3.33. The molecule has 0 aliphatic rings. The van der Waals surface area contributed by atoms with Crippen molar-refractivity contribution in [1.82, 2.24) is 14.3 Å². The van der Waals surface area contributed by atoms with Crippen LogP contribution in [0.2, 0.25) is 0 Å². The van der Waals surface area contributed by atoms with Crippen LogP contribution in [0.1, 0.15) is 27.3 Å². The van der Waals surface area contributed by atoms with Crippen molar-refractivity contribution >= 4 is 37.4 Å². The smallest absolute Gasteiger partial charge is 0.212 e. The summed E-state index contributed by atoms with van der Waals surface area (Å²) >= 11 is 1.44. The maximum atomic E-state index is 12.7. The summed E-state index contributed by atoms with van der Waals surface area (Å²) in [7, 11) is -1.65. The molecule has 0 fully saturated rings. The molecule has 144 valence electrons. The number of pyridine rings is 1. The van der Waals surface area contributed by atoms with Crippen molar-refractivity contribution in [3.05, 3.63) is 46.6 Å². The zero-order valence-electron chi connectivity index (χ0n) is 15.4. The van der Waals surface area contributed by atoms with Crippen molar-refractivity contribution in [2.45, 2.75) is 19.9 Å². The summed E-state index contributed by atoms with van der Waals surface area (Å²) < 4.78 is 32.0. The van der Waals surface area contributed by atoms with Crippen molar-refractivity contribution in [2.24, 2.45) is 0 Å². The lowest BCUT2D eigenvalue weighted by Gasteiger charge is -2.07. The second-order valence-electron chi connectivity index (χ2n) is 6.25. The SMILES string of the molecule is COc1ccc(C(=O)c2cc3cc(C)n(CCCNS(C)(=O)=O)c3s2)cn1. The third kappa shape index (κ3) is 4.55. The van der Waals surface area contributed by atoms with Gasteiger partial charge in [0, 0.05) is 42.0 Å². The van der Waals surface area contributed by atoms with Crippen molar-refractivity contribution < 1.29 is 17.9 Å². The highest BCUT2D eigenvalue weighted by molar-refractivity contribution is 7.88. The van der Waals surface area contributed by atoms with Crippen LogP contribution in [0, 0.1) is 6.92 Å². The minimum absolute atomic E-state index is 0.0747. The fraction of sp³-hybridized carbons (Fsp3) is 0.333. The van der Waals surface area contributed by atoms with Crippen molar-refractivity contribution in [2.75, 3.05) is 19.9 Å². The predicted octanol–water partition coefficient (Wildman–Crippen LogP) is 2.59. The summed E-state index contributed by atoms with van der Waals surface area (Å²) in [4.78, 5) is 18.5. The van der Waals surface area contributed by atoms with E-state index in [-0.39, 0.29) is 5.78 Å². The Morgan fingerprint density at radius 3 is 2.74 bits per heavy atom. The molecule has 0 amide bonds. The second-order valence-corrected chi connectivity index (χ2v) is 9.11. The summed E-state index contributed by atoms with van der Waals surface area (Å²) in [6.45, 7) is 3.06. The summed E-state index contributed by atoms with van der Waals surface area (Å²) in [5, 5.41) is 1.01. The number of ketones is 1. The maximum Gasteiger partial charge on any atom is 0.212 e. The lowest BCUT2D eigenvalue weighted by Crippen LogP contribution is -2.23. The van der Waals surface area contributed by atoms with Gasteiger partial charge in [0.15, 0.2) is 0 Å². The van der Waals surface area contributed by atoms with E-state index < -0.39 is 10.0 Å². The van der Waals surface area contributed by atoms with Crippen LogP contribution in [0.4, 0.5) is 0 Å². The topological polar surface area (TPSA) is 90.3 Å². The number of nitrogens with one attached hydrogen (secondary N) is 1. The van der Waals surface area contributed by atoms with Crippen LogP contribution in [0.3, 0.4) is 0 Å². The third-order valence-corrected chi connectivity index (χ3v) is 6.03. The van der Waals surface area contributed by atoms with Crippen molar-refractivity contribution in [3.63, 3.8) is 0 Å². The van der Waals surface area contributed by atoms with Gasteiger partial charge in [-0.1, -0.05) is 0 Å². The molecule has 0 aliphatic carbocycles. The number of aryl methyl sites for hydroxylation is 2. The first-order chi connectivity index (χ1) is 12.8. The fourth-order valence-electron chi connectivity index (χ4n) is 2.84. The number of fused-ring (bicyclic) bond motifs is 1. The van der Waals surface area contributed by atoms with E-state index in [1.54, 1.807) is 12.1 Å². The Morgan fingerprint density at radius 2 is 2.11 bits per heavy atom. The first kappa shape index (κ1) is 19.5. The van der Waals surface area contributed by atoms with Crippen LogP contribution in [0.25, 0.3) is 10.2 Å². The number of aromatic nitrogens is 2. The largest absolute Gasteiger partial charge is 0.481 e. The van der Waals surface area contributed by atoms with Crippen molar-refractivity contribution in [3.8, 4) is 5.88 Å². The molecular weight excluding hydrogens is 386 g/mol. The number of sulfonamides is 1. The van der Waals surface area contributed by atoms with Gasteiger partial charge in [0.2, 0.25) is 21.7 Å². The molecule has 0 aromatic carbocycles. The average molecular weight is 408 g/mol. The van der Waals surface area contributed by atoms with Gasteiger partial charge in [-0.25, -0.2) is 18.1 Å². The molecule has 0 bridgehead atoms. The van der Waals surface area contributed by atoms with Gasteiger partial charge in [-0.2, -0.15) is 0 Å². The Bertz CT molecular complexity index is 1070. The Hall–Kier alpha value is -2.23. The molecule has 7 nitrogen and oxygen atoms in total. The molecular formula is C18H21N3O4S2. The molecule has 27 heavy (non-hydrogen) atoms. The van der Waals surface area contributed by atoms with E-state index in [2.05, 4.69) is 14.3 Å². The summed E-state index contributed by atoms with van der Waals surface area (Å²) in [6, 6.07) is 7.30. The number of nitrogens with zero attached hydrogens (tertiary/aromatic N) is 2. The monoisotopic (exact) mass is 407 g/mol. The Morgan fingerprint density at radius 1 is 1.33 bits per heavy atom. The quantitative estimate of drug-likeness (QED) is 0.458. The molecule has 3 aromatic rings. The van der Waals surface area contributed by atoms with Gasteiger partial charge < -0.3 is 9.30 Å². The van der Waals surface area contributed by atoms with Crippen LogP contribution >= 0.6 is 11.3 Å². The van der Waals surface area contributed by atoms with E-state index in [1.807, 2.05) is 19.1 Å². The van der Waals surface area contributed by atoms with Gasteiger partial charge in [-0.15, -0.1) is 11.3 Å². The maximum absolute atomic E-state index is 12.7. The van der Waals surface area contributed by atoms with Gasteiger partial charge in [0.05, 0.1) is 18.2 Å². The molecule has 3 rings (SSSR count). The van der Waals surface area contributed by atoms with Gasteiger partial charge in [-0.05, 0) is 31.5 Å². The standard InChI is InChI=1S/C18H21N3O4S2/c1-12-9-14-10-15(17(22)13-5-6-16(25-2)19-11-13)26-18(14)21(12)8-4-7-20-27(3,23)24/h5-6,9-11,20H,4,7-8H2,1-3H3. The molecule has 0 saturated heterocycles. The van der Waals surface area contributed by atoms with Gasteiger partial charge in [-0.3, -0.25) is 4.79 Å². The normalized spacial score (nSPS) is 11.8. The average Bonchev–Trinajstić information content (AvgIpc) is 3.15. The van der Waals surface area contributed by atoms with E-state index in [4.69, 9.17) is 4.74 Å². The molecule has 3 aromatic heterocycles. The van der Waals surface area contributed by atoms with E-state index in [0.717, 1.165) is 22.2 Å². The van der Waals surface area contributed by atoms with Gasteiger partial charge in [0.25, 0.3) is 0 Å². The zero-order valence-corrected chi connectivity index (χ0v) is 17.0. The number of hydrogen-bond donors (Lipinski definition) is 1. The summed E-state index contributed by atoms with van der Waals surface area (Å²) in [5.74, 6) is 0.391. The fourth-order valence-corrected chi connectivity index (χ4v) is 4.54. The highest BCUT2D eigenvalue weighted by Gasteiger charge is 2.16. The molecule has 0 spiro atoms. The minimum Gasteiger partial charge on any atom is -0.481 e. The molecule has 9 heteroatoms. The molecule has 0 aliphatic heterocycles. The number of thiophene rings is 1. The van der Waals surface area contributed by atoms with Crippen LogP contribution < -0.4 is 9.46 Å². The Kier molecular flexibility index (Phi) is 5.64. The van der Waals surface area contributed by atoms with Crippen LogP contribution in [-0.2, 0) is 16.6 Å². The molecule has 0 radical (unpaired) electrons. The second kappa shape index (κ2) is 7.79. The highest BCUT2D eigenvalue weighted by atomic mass is 32.2. The molecule has 0 atom stereocenters. The highest BCUT2D eigenvalue weighted by Crippen LogP contribution is 2.30. The lowest BCUT2D eigenvalue weighted by atomic mass is 10.1. The van der Waals surface area contributed by atoms with Crippen LogP contribution in [0.5, 0.6) is 5.88 Å². The van der Waals surface area contributed by atoms with E-state index >= 15 is 0 Å². The Labute approximate surface area is 162 Å². The number of carbonyl (C=O) groups is 1. The number of ether oxygens (including phenoxy) is 1. The molecule has 0 saturated carbocycles. The first-order valence-electron chi connectivity index (χ1n) is 8.37. The molecule has 1 N–H and O–H groups in total. The molecule has 3 heterocycles. The lowest BCUT2D eigenvalue weighted by molar-refractivity contribution is 0.104. The van der Waals surface area contributed by atoms with E-state index in [0.29, 0.717) is 35.8 Å². The predicted molar refractivity (Wildman–Crippen MR) is 106 cm³/mol. The minimum atomic E-state index is -3.18. The number of rotatable bonds is 8. The van der Waals surface area contributed by atoms with Crippen molar-refractivity contribution in [1.29, 1.82) is 0 Å². The van der Waals surface area contributed by atoms with E-state index in [1.165, 1.54) is 24.6 Å². The number of hydrogen-bond acceptors (Lipinski definition) is 6. The van der Waals surface area contributed by atoms with Gasteiger partial charge in [0.1, 0.15) is 4.83 Å². The van der Waals surface area contributed by atoms with E-state index in [9.17, 15) is 13.2 Å². The number of methoxy groups -OCH3 is 1. The summed E-state index contributed by atoms with van der Waals surface area (Å²) in [5.41, 5.74) is 1.60. The zero-order chi connectivity index (χ0) is 19.6. The first-order valence-corrected chi connectivity index (χ1v) is 11.1.